The summed E-state index contributed by atoms with van der Waals surface area (Å²) in [4.78, 5) is 11.1. The van der Waals surface area contributed by atoms with Crippen molar-refractivity contribution in [3.05, 3.63) is 0 Å². The number of unbranched alkanes of at least 4 members (excludes halogenated alkanes) is 1. The van der Waals surface area contributed by atoms with Gasteiger partial charge in [-0.3, -0.25) is 4.79 Å². The van der Waals surface area contributed by atoms with E-state index in [1.165, 1.54) is 4.31 Å². The normalized spacial score (nSPS) is 23.2. The summed E-state index contributed by atoms with van der Waals surface area (Å²) >= 11 is 0. The third kappa shape index (κ3) is 3.96. The van der Waals surface area contributed by atoms with E-state index in [1.54, 1.807) is 0 Å². The average Bonchev–Trinajstić information content (AvgIpc) is 2.52. The van der Waals surface area contributed by atoms with E-state index in [0.717, 1.165) is 25.7 Å². The molecule has 1 rings (SSSR count). The number of hydrogen-bond acceptors (Lipinski definition) is 3. The lowest BCUT2D eigenvalue weighted by Gasteiger charge is -2.25. The summed E-state index contributed by atoms with van der Waals surface area (Å²) in [5, 5.41) is 9.12. The molecule has 1 N–H and O–H groups in total. The molecule has 1 saturated heterocycles. The van der Waals surface area contributed by atoms with Gasteiger partial charge in [0.15, 0.2) is 0 Å². The highest BCUT2D eigenvalue weighted by atomic mass is 32.2. The van der Waals surface area contributed by atoms with E-state index < -0.39 is 22.0 Å². The Hall–Kier alpha value is -0.620. The predicted molar refractivity (Wildman–Crippen MR) is 65.3 cm³/mol. The lowest BCUT2D eigenvalue weighted by molar-refractivity contribution is -0.141. The van der Waals surface area contributed by atoms with Crippen LogP contribution in [0, 0.1) is 0 Å². The van der Waals surface area contributed by atoms with Gasteiger partial charge in [0, 0.05) is 6.54 Å². The van der Waals surface area contributed by atoms with Crippen LogP contribution in [0.15, 0.2) is 0 Å². The fraction of sp³-hybridized carbons (Fsp3) is 0.909. The topological polar surface area (TPSA) is 74.7 Å². The molecule has 0 aliphatic carbocycles. The van der Waals surface area contributed by atoms with Crippen LogP contribution in [0.4, 0.5) is 0 Å². The summed E-state index contributed by atoms with van der Waals surface area (Å²) < 4.78 is 25.4. The summed E-state index contributed by atoms with van der Waals surface area (Å²) in [5.74, 6) is -0.959. The zero-order chi connectivity index (χ0) is 12.9. The maximum Gasteiger partial charge on any atom is 0.322 e. The van der Waals surface area contributed by atoms with Gasteiger partial charge < -0.3 is 5.11 Å². The number of hydrogen-bond donors (Lipinski definition) is 1. The van der Waals surface area contributed by atoms with E-state index in [4.69, 9.17) is 5.11 Å². The van der Waals surface area contributed by atoms with E-state index in [0.29, 0.717) is 19.4 Å². The van der Waals surface area contributed by atoms with Crippen molar-refractivity contribution in [3.63, 3.8) is 0 Å². The number of carbonyl (C=O) groups is 1. The van der Waals surface area contributed by atoms with Crippen LogP contribution in [0.3, 0.4) is 0 Å². The third-order valence-electron chi connectivity index (χ3n) is 3.10. The number of sulfonamides is 1. The summed E-state index contributed by atoms with van der Waals surface area (Å²) in [5.41, 5.74) is 0. The zero-order valence-corrected chi connectivity index (χ0v) is 11.1. The van der Waals surface area contributed by atoms with Gasteiger partial charge in [-0.05, 0) is 19.3 Å². The summed E-state index contributed by atoms with van der Waals surface area (Å²) in [7, 11) is -3.41. The van der Waals surface area contributed by atoms with Gasteiger partial charge in [-0.15, -0.1) is 0 Å². The Morgan fingerprint density at radius 2 is 2.06 bits per heavy atom. The SMILES string of the molecule is CCCCS(=O)(=O)N1CCCCCC1C(=O)O. The van der Waals surface area contributed by atoms with Crippen LogP contribution in [0.1, 0.15) is 45.4 Å². The largest absolute Gasteiger partial charge is 0.480 e. The van der Waals surface area contributed by atoms with Crippen LogP contribution in [0.25, 0.3) is 0 Å². The molecular formula is C11H21NO4S. The second-order valence-electron chi connectivity index (χ2n) is 4.48. The van der Waals surface area contributed by atoms with Gasteiger partial charge in [0.2, 0.25) is 10.0 Å². The summed E-state index contributed by atoms with van der Waals surface area (Å²) in [6, 6.07) is -0.862. The van der Waals surface area contributed by atoms with Crippen LogP contribution < -0.4 is 0 Å². The van der Waals surface area contributed by atoms with Crippen molar-refractivity contribution in [2.45, 2.75) is 51.5 Å². The lowest BCUT2D eigenvalue weighted by Crippen LogP contribution is -2.45. The molecule has 1 heterocycles. The molecule has 100 valence electrons. The van der Waals surface area contributed by atoms with E-state index >= 15 is 0 Å². The first-order valence-electron chi connectivity index (χ1n) is 6.21. The highest BCUT2D eigenvalue weighted by Crippen LogP contribution is 2.21. The molecule has 6 heteroatoms. The molecule has 0 aromatic rings. The summed E-state index contributed by atoms with van der Waals surface area (Å²) in [6.07, 6.45) is 4.27. The van der Waals surface area contributed by atoms with Crippen molar-refractivity contribution in [1.29, 1.82) is 0 Å². The van der Waals surface area contributed by atoms with Crippen LogP contribution in [0.5, 0.6) is 0 Å². The second kappa shape index (κ2) is 6.35. The number of nitrogens with zero attached hydrogens (tertiary/aromatic N) is 1. The van der Waals surface area contributed by atoms with E-state index in [9.17, 15) is 13.2 Å². The van der Waals surface area contributed by atoms with E-state index in [1.807, 2.05) is 6.92 Å². The van der Waals surface area contributed by atoms with Crippen molar-refractivity contribution < 1.29 is 18.3 Å². The van der Waals surface area contributed by atoms with Crippen molar-refractivity contribution in [2.75, 3.05) is 12.3 Å². The quantitative estimate of drug-likeness (QED) is 0.814. The van der Waals surface area contributed by atoms with Crippen molar-refractivity contribution in [1.82, 2.24) is 4.31 Å². The number of carboxylic acids is 1. The van der Waals surface area contributed by atoms with Crippen LogP contribution in [-0.4, -0.2) is 42.1 Å². The van der Waals surface area contributed by atoms with Gasteiger partial charge in [0.05, 0.1) is 5.75 Å². The van der Waals surface area contributed by atoms with Crippen molar-refractivity contribution in [3.8, 4) is 0 Å². The molecular weight excluding hydrogens is 242 g/mol. The Bertz CT molecular complexity index is 352. The van der Waals surface area contributed by atoms with Gasteiger partial charge in [0.1, 0.15) is 6.04 Å². The molecule has 17 heavy (non-hydrogen) atoms. The molecule has 1 atom stereocenters. The predicted octanol–water partition coefficient (Wildman–Crippen LogP) is 1.45. The molecule has 0 aromatic carbocycles. The van der Waals surface area contributed by atoms with Crippen LogP contribution in [-0.2, 0) is 14.8 Å². The van der Waals surface area contributed by atoms with E-state index in [-0.39, 0.29) is 5.75 Å². The molecule has 1 fully saturated rings. The Morgan fingerprint density at radius 3 is 2.65 bits per heavy atom. The van der Waals surface area contributed by atoms with Gasteiger partial charge in [0.25, 0.3) is 0 Å². The number of aliphatic carboxylic acids is 1. The van der Waals surface area contributed by atoms with Gasteiger partial charge >= 0.3 is 5.97 Å². The molecule has 1 unspecified atom stereocenters. The Kier molecular flexibility index (Phi) is 5.39. The molecule has 0 radical (unpaired) electrons. The molecule has 0 saturated carbocycles. The van der Waals surface area contributed by atoms with Crippen molar-refractivity contribution >= 4 is 16.0 Å². The van der Waals surface area contributed by atoms with Crippen molar-refractivity contribution in [2.24, 2.45) is 0 Å². The third-order valence-corrected chi connectivity index (χ3v) is 5.06. The highest BCUT2D eigenvalue weighted by Gasteiger charge is 2.34. The summed E-state index contributed by atoms with van der Waals surface area (Å²) in [6.45, 7) is 2.27. The minimum Gasteiger partial charge on any atom is -0.480 e. The molecule has 0 aromatic heterocycles. The number of rotatable bonds is 5. The highest BCUT2D eigenvalue weighted by molar-refractivity contribution is 7.89. The Morgan fingerprint density at radius 1 is 1.35 bits per heavy atom. The van der Waals surface area contributed by atoms with Gasteiger partial charge in [-0.25, -0.2) is 8.42 Å². The zero-order valence-electron chi connectivity index (χ0n) is 10.3. The maximum absolute atomic E-state index is 12.1. The first-order chi connectivity index (χ1) is 7.99. The minimum atomic E-state index is -3.41. The van der Waals surface area contributed by atoms with Gasteiger partial charge in [-0.2, -0.15) is 4.31 Å². The molecule has 0 spiro atoms. The molecule has 1 aliphatic heterocycles. The van der Waals surface area contributed by atoms with Gasteiger partial charge in [-0.1, -0.05) is 26.2 Å². The monoisotopic (exact) mass is 263 g/mol. The molecule has 0 bridgehead atoms. The smallest absolute Gasteiger partial charge is 0.322 e. The molecule has 0 amide bonds. The fourth-order valence-electron chi connectivity index (χ4n) is 2.11. The average molecular weight is 263 g/mol. The fourth-order valence-corrected chi connectivity index (χ4v) is 3.98. The van der Waals surface area contributed by atoms with Crippen LogP contribution in [0.2, 0.25) is 0 Å². The minimum absolute atomic E-state index is 0.0628. The first-order valence-corrected chi connectivity index (χ1v) is 7.82. The molecule has 1 aliphatic rings. The Balaban J connectivity index is 2.85. The molecule has 5 nitrogen and oxygen atoms in total. The van der Waals surface area contributed by atoms with Crippen LogP contribution >= 0.6 is 0 Å². The first kappa shape index (κ1) is 14.4. The number of carboxylic acid groups (broad SMARTS) is 1. The van der Waals surface area contributed by atoms with E-state index in [2.05, 4.69) is 0 Å². The Labute approximate surface area is 103 Å². The lowest BCUT2D eigenvalue weighted by atomic mass is 10.1. The maximum atomic E-state index is 12.1. The standard InChI is InChI=1S/C11H21NO4S/c1-2-3-9-17(15,16)12-8-6-4-5-7-10(12)11(13)14/h10H,2-9H2,1H3,(H,13,14). The second-order valence-corrected chi connectivity index (χ2v) is 6.52.